The van der Waals surface area contributed by atoms with E-state index in [9.17, 15) is 14.0 Å². The highest BCUT2D eigenvalue weighted by atomic mass is 19.1. The molecule has 90 valence electrons. The van der Waals surface area contributed by atoms with Crippen molar-refractivity contribution in [2.45, 2.75) is 26.2 Å². The molecule has 1 saturated heterocycles. The van der Waals surface area contributed by atoms with Crippen LogP contribution >= 0.6 is 0 Å². The van der Waals surface area contributed by atoms with Crippen LogP contribution in [0.25, 0.3) is 0 Å². The second kappa shape index (κ2) is 4.28. The lowest BCUT2D eigenvalue weighted by Gasteiger charge is -2.27. The first-order chi connectivity index (χ1) is 7.99. The number of hydrogen-bond acceptors (Lipinski definition) is 2. The fraction of sp³-hybridized carbons (Fsp3) is 0.385. The van der Waals surface area contributed by atoms with Crippen LogP contribution in [0, 0.1) is 18.7 Å². The number of amides is 2. The molecule has 0 aliphatic carbocycles. The maximum atomic E-state index is 13.2. The van der Waals surface area contributed by atoms with Crippen molar-refractivity contribution in [3.05, 3.63) is 35.1 Å². The highest BCUT2D eigenvalue weighted by molar-refractivity contribution is 5.99. The molecule has 2 atom stereocenters. The molecule has 2 amide bonds. The predicted molar refractivity (Wildman–Crippen MR) is 60.8 cm³/mol. The van der Waals surface area contributed by atoms with E-state index in [-0.39, 0.29) is 35.9 Å². The molecule has 17 heavy (non-hydrogen) atoms. The van der Waals surface area contributed by atoms with Gasteiger partial charge in [0.1, 0.15) is 5.82 Å². The summed E-state index contributed by atoms with van der Waals surface area (Å²) in [5, 5.41) is 2.30. The molecule has 4 heteroatoms. The Kier molecular flexibility index (Phi) is 2.96. The molecule has 1 aromatic carbocycles. The number of benzene rings is 1. The van der Waals surface area contributed by atoms with Gasteiger partial charge in [-0.3, -0.25) is 14.9 Å². The Balaban J connectivity index is 2.34. The Morgan fingerprint density at radius 2 is 2.06 bits per heavy atom. The molecular weight excluding hydrogens is 221 g/mol. The minimum absolute atomic E-state index is 0.157. The summed E-state index contributed by atoms with van der Waals surface area (Å²) in [6, 6.07) is 4.74. The number of carbonyl (C=O) groups is 2. The summed E-state index contributed by atoms with van der Waals surface area (Å²) in [6.07, 6.45) is 0.276. The van der Waals surface area contributed by atoms with Crippen LogP contribution in [0.15, 0.2) is 18.2 Å². The molecule has 1 aliphatic heterocycles. The fourth-order valence-electron chi connectivity index (χ4n) is 2.17. The average molecular weight is 235 g/mol. The van der Waals surface area contributed by atoms with Gasteiger partial charge in [-0.25, -0.2) is 4.39 Å². The van der Waals surface area contributed by atoms with Gasteiger partial charge in [-0.2, -0.15) is 0 Å². The van der Waals surface area contributed by atoms with Crippen molar-refractivity contribution >= 4 is 11.8 Å². The molecule has 1 fully saturated rings. The molecule has 1 heterocycles. The van der Waals surface area contributed by atoms with Gasteiger partial charge in [0.2, 0.25) is 11.8 Å². The third-order valence-electron chi connectivity index (χ3n) is 3.30. The number of aryl methyl sites for hydroxylation is 1. The van der Waals surface area contributed by atoms with Crippen LogP contribution in [0.4, 0.5) is 4.39 Å². The van der Waals surface area contributed by atoms with E-state index in [1.165, 1.54) is 6.07 Å². The van der Waals surface area contributed by atoms with E-state index in [0.717, 1.165) is 5.56 Å². The SMILES string of the molecule is Cc1cc(C2CC(=O)NC(=O)C2C)ccc1F. The number of carbonyl (C=O) groups excluding carboxylic acids is 2. The number of imide groups is 1. The number of piperidine rings is 1. The third-order valence-corrected chi connectivity index (χ3v) is 3.30. The fourth-order valence-corrected chi connectivity index (χ4v) is 2.17. The Morgan fingerprint density at radius 3 is 2.71 bits per heavy atom. The van der Waals surface area contributed by atoms with Gasteiger partial charge in [0, 0.05) is 18.3 Å². The summed E-state index contributed by atoms with van der Waals surface area (Å²) in [6.45, 7) is 3.46. The second-order valence-electron chi connectivity index (χ2n) is 4.52. The molecule has 0 bridgehead atoms. The Hall–Kier alpha value is -1.71. The molecule has 2 rings (SSSR count). The second-order valence-corrected chi connectivity index (χ2v) is 4.52. The molecule has 3 nitrogen and oxygen atoms in total. The summed E-state index contributed by atoms with van der Waals surface area (Å²) < 4.78 is 13.2. The third kappa shape index (κ3) is 2.20. The number of rotatable bonds is 1. The van der Waals surface area contributed by atoms with Crippen LogP contribution in [-0.4, -0.2) is 11.8 Å². The molecule has 1 aromatic rings. The first-order valence-electron chi connectivity index (χ1n) is 5.59. The lowest BCUT2D eigenvalue weighted by Crippen LogP contribution is -2.43. The lowest BCUT2D eigenvalue weighted by atomic mass is 9.81. The molecule has 2 unspecified atom stereocenters. The molecule has 0 saturated carbocycles. The number of nitrogens with one attached hydrogen (secondary N) is 1. The summed E-state index contributed by atoms with van der Waals surface area (Å²) in [7, 11) is 0. The van der Waals surface area contributed by atoms with E-state index in [1.54, 1.807) is 26.0 Å². The van der Waals surface area contributed by atoms with Crippen molar-refractivity contribution in [3.8, 4) is 0 Å². The summed E-state index contributed by atoms with van der Waals surface area (Å²) >= 11 is 0. The first-order valence-corrected chi connectivity index (χ1v) is 5.59. The van der Waals surface area contributed by atoms with Crippen LogP contribution in [0.3, 0.4) is 0 Å². The van der Waals surface area contributed by atoms with Gasteiger partial charge in [-0.15, -0.1) is 0 Å². The molecule has 1 N–H and O–H groups in total. The van der Waals surface area contributed by atoms with E-state index >= 15 is 0 Å². The van der Waals surface area contributed by atoms with Crippen molar-refractivity contribution in [2.75, 3.05) is 0 Å². The topological polar surface area (TPSA) is 46.2 Å². The Bertz CT molecular complexity index is 484. The monoisotopic (exact) mass is 235 g/mol. The summed E-state index contributed by atoms with van der Waals surface area (Å²) in [4.78, 5) is 22.9. The van der Waals surface area contributed by atoms with Crippen LogP contribution in [0.2, 0.25) is 0 Å². The highest BCUT2D eigenvalue weighted by Gasteiger charge is 2.33. The maximum Gasteiger partial charge on any atom is 0.230 e. The highest BCUT2D eigenvalue weighted by Crippen LogP contribution is 2.31. The normalized spacial score (nSPS) is 24.6. The van der Waals surface area contributed by atoms with Crippen molar-refractivity contribution < 1.29 is 14.0 Å². The van der Waals surface area contributed by atoms with Gasteiger partial charge in [0.15, 0.2) is 0 Å². The minimum Gasteiger partial charge on any atom is -0.296 e. The summed E-state index contributed by atoms with van der Waals surface area (Å²) in [5.74, 6) is -1.21. The number of halogens is 1. The van der Waals surface area contributed by atoms with Gasteiger partial charge >= 0.3 is 0 Å². The molecule has 1 aliphatic rings. The standard InChI is InChI=1S/C13H14FNO2/c1-7-5-9(3-4-11(7)14)10-6-12(16)15-13(17)8(10)2/h3-5,8,10H,6H2,1-2H3,(H,15,16,17). The molecule has 0 aromatic heterocycles. The van der Waals surface area contributed by atoms with Gasteiger partial charge < -0.3 is 0 Å². The van der Waals surface area contributed by atoms with Gasteiger partial charge in [-0.05, 0) is 24.1 Å². The zero-order valence-corrected chi connectivity index (χ0v) is 9.79. The van der Waals surface area contributed by atoms with E-state index in [2.05, 4.69) is 5.32 Å². The van der Waals surface area contributed by atoms with E-state index in [4.69, 9.17) is 0 Å². The van der Waals surface area contributed by atoms with E-state index in [1.807, 2.05) is 0 Å². The van der Waals surface area contributed by atoms with Crippen LogP contribution in [0.5, 0.6) is 0 Å². The zero-order valence-electron chi connectivity index (χ0n) is 9.79. The molecule has 0 radical (unpaired) electrons. The number of hydrogen-bond donors (Lipinski definition) is 1. The van der Waals surface area contributed by atoms with Crippen LogP contribution in [0.1, 0.15) is 30.4 Å². The van der Waals surface area contributed by atoms with Crippen LogP contribution in [-0.2, 0) is 9.59 Å². The quantitative estimate of drug-likeness (QED) is 0.756. The van der Waals surface area contributed by atoms with E-state index < -0.39 is 0 Å². The van der Waals surface area contributed by atoms with Crippen molar-refractivity contribution in [2.24, 2.45) is 5.92 Å². The van der Waals surface area contributed by atoms with Gasteiger partial charge in [-0.1, -0.05) is 19.1 Å². The largest absolute Gasteiger partial charge is 0.296 e. The van der Waals surface area contributed by atoms with Gasteiger partial charge in [0.25, 0.3) is 0 Å². The first kappa shape index (κ1) is 11.8. The Labute approximate surface area is 99.0 Å². The maximum absolute atomic E-state index is 13.2. The van der Waals surface area contributed by atoms with Gasteiger partial charge in [0.05, 0.1) is 0 Å². The minimum atomic E-state index is -0.270. The van der Waals surface area contributed by atoms with Crippen molar-refractivity contribution in [1.29, 1.82) is 0 Å². The zero-order chi connectivity index (χ0) is 12.6. The van der Waals surface area contributed by atoms with Crippen molar-refractivity contribution in [1.82, 2.24) is 5.32 Å². The molecule has 0 spiro atoms. The average Bonchev–Trinajstić information content (AvgIpc) is 2.27. The predicted octanol–water partition coefficient (Wildman–Crippen LogP) is 1.90. The smallest absolute Gasteiger partial charge is 0.230 e. The van der Waals surface area contributed by atoms with Crippen molar-refractivity contribution in [3.63, 3.8) is 0 Å². The van der Waals surface area contributed by atoms with E-state index in [0.29, 0.717) is 5.56 Å². The Morgan fingerprint density at radius 1 is 1.35 bits per heavy atom. The lowest BCUT2D eigenvalue weighted by molar-refractivity contribution is -0.136. The van der Waals surface area contributed by atoms with Crippen LogP contribution < -0.4 is 5.32 Å². The summed E-state index contributed by atoms with van der Waals surface area (Å²) in [5.41, 5.74) is 1.38. The molecular formula is C13H14FNO2.